The standard InChI is InChI=1S/C25H36N4O3S/c1-18-6-3-4-7-19(18)26-24(31)25(2)17-28-20-8-15-33-22(20)16-21(28)23(30)29(25)10-5-9-27-11-13-32-14-12-27/h8,15-16,18-19H,3-7,9-14,17H2,1-2H3,(H,26,31)/t18?,19?,25-/m1/s1. The van der Waals surface area contributed by atoms with Crippen LogP contribution in [0.5, 0.6) is 0 Å². The van der Waals surface area contributed by atoms with E-state index in [-0.39, 0.29) is 17.9 Å². The molecule has 2 amide bonds. The van der Waals surface area contributed by atoms with Crippen molar-refractivity contribution in [2.24, 2.45) is 5.92 Å². The van der Waals surface area contributed by atoms with Gasteiger partial charge in [0.25, 0.3) is 5.91 Å². The summed E-state index contributed by atoms with van der Waals surface area (Å²) in [5.74, 6) is 0.441. The SMILES string of the molecule is CC1CCCCC1NC(=O)[C@@]1(C)Cn2c(cc3sccc32)C(=O)N1CCCN1CCOCC1. The summed E-state index contributed by atoms with van der Waals surface area (Å²) in [6.45, 7) is 9.60. The van der Waals surface area contributed by atoms with Crippen molar-refractivity contribution in [3.63, 3.8) is 0 Å². The van der Waals surface area contributed by atoms with Crippen molar-refractivity contribution in [1.29, 1.82) is 0 Å². The van der Waals surface area contributed by atoms with Crippen LogP contribution in [0.25, 0.3) is 10.2 Å². The molecule has 0 spiro atoms. The van der Waals surface area contributed by atoms with Crippen molar-refractivity contribution < 1.29 is 14.3 Å². The average Bonchev–Trinajstić information content (AvgIpc) is 3.41. The summed E-state index contributed by atoms with van der Waals surface area (Å²) >= 11 is 1.65. The summed E-state index contributed by atoms with van der Waals surface area (Å²) < 4.78 is 8.63. The number of carbonyl (C=O) groups excluding carboxylic acids is 2. The predicted molar refractivity (Wildman–Crippen MR) is 131 cm³/mol. The molecule has 1 N–H and O–H groups in total. The summed E-state index contributed by atoms with van der Waals surface area (Å²) in [6, 6.07) is 4.25. The van der Waals surface area contributed by atoms with Gasteiger partial charge in [-0.25, -0.2) is 0 Å². The van der Waals surface area contributed by atoms with Gasteiger partial charge in [0.1, 0.15) is 11.2 Å². The number of carbonyl (C=O) groups is 2. The van der Waals surface area contributed by atoms with Crippen LogP contribution >= 0.6 is 11.3 Å². The topological polar surface area (TPSA) is 66.8 Å². The van der Waals surface area contributed by atoms with Crippen molar-refractivity contribution in [2.75, 3.05) is 39.4 Å². The molecule has 2 aromatic heterocycles. The molecule has 3 atom stereocenters. The Bertz CT molecular complexity index is 1010. The molecule has 1 aliphatic carbocycles. The van der Waals surface area contributed by atoms with Gasteiger partial charge in [0.15, 0.2) is 0 Å². The Labute approximate surface area is 200 Å². The number of nitrogens with one attached hydrogen (secondary N) is 1. The number of rotatable bonds is 6. The number of aromatic nitrogens is 1. The maximum atomic E-state index is 13.8. The Morgan fingerprint density at radius 1 is 1.24 bits per heavy atom. The van der Waals surface area contributed by atoms with Gasteiger partial charge in [-0.3, -0.25) is 14.5 Å². The molecule has 0 bridgehead atoms. The minimum atomic E-state index is -0.903. The fourth-order valence-electron chi connectivity index (χ4n) is 5.75. The lowest BCUT2D eigenvalue weighted by molar-refractivity contribution is -0.134. The first kappa shape index (κ1) is 22.9. The van der Waals surface area contributed by atoms with Crippen molar-refractivity contribution in [2.45, 2.75) is 64.1 Å². The van der Waals surface area contributed by atoms with Gasteiger partial charge in [-0.1, -0.05) is 19.8 Å². The Balaban J connectivity index is 1.39. The molecule has 1 saturated carbocycles. The van der Waals surface area contributed by atoms with Crippen LogP contribution in [-0.4, -0.2) is 77.2 Å². The molecule has 1 saturated heterocycles. The number of fused-ring (bicyclic) bond motifs is 3. The van der Waals surface area contributed by atoms with Crippen LogP contribution in [0.15, 0.2) is 17.5 Å². The fourth-order valence-corrected chi connectivity index (χ4v) is 6.58. The van der Waals surface area contributed by atoms with Gasteiger partial charge in [0.05, 0.1) is 30.0 Å². The lowest BCUT2D eigenvalue weighted by atomic mass is 9.85. The molecule has 2 fully saturated rings. The van der Waals surface area contributed by atoms with Crippen molar-refractivity contribution >= 4 is 33.4 Å². The molecule has 0 radical (unpaired) electrons. The third-order valence-corrected chi connectivity index (χ3v) is 8.78. The molecule has 33 heavy (non-hydrogen) atoms. The molecule has 2 unspecified atom stereocenters. The van der Waals surface area contributed by atoms with Crippen molar-refractivity contribution in [1.82, 2.24) is 19.7 Å². The van der Waals surface area contributed by atoms with Crippen LogP contribution in [0.2, 0.25) is 0 Å². The molecule has 5 rings (SSSR count). The quantitative estimate of drug-likeness (QED) is 0.700. The normalized spacial score (nSPS) is 28.8. The molecule has 2 aromatic rings. The third-order valence-electron chi connectivity index (χ3n) is 7.93. The highest BCUT2D eigenvalue weighted by Crippen LogP contribution is 2.35. The van der Waals surface area contributed by atoms with Gasteiger partial charge in [-0.15, -0.1) is 11.3 Å². The molecule has 3 aliphatic rings. The van der Waals surface area contributed by atoms with Crippen LogP contribution in [0, 0.1) is 5.92 Å². The minimum Gasteiger partial charge on any atom is -0.379 e. The van der Waals surface area contributed by atoms with E-state index in [1.165, 1.54) is 6.42 Å². The molecule has 4 heterocycles. The summed E-state index contributed by atoms with van der Waals surface area (Å²) in [4.78, 5) is 31.8. The van der Waals surface area contributed by atoms with Crippen LogP contribution in [0.4, 0.5) is 0 Å². The second-order valence-electron chi connectivity index (χ2n) is 10.2. The molecule has 7 nitrogen and oxygen atoms in total. The summed E-state index contributed by atoms with van der Waals surface area (Å²) in [5.41, 5.74) is 0.862. The molecule has 0 aromatic carbocycles. The summed E-state index contributed by atoms with van der Waals surface area (Å²) in [6.07, 6.45) is 5.42. The number of hydrogen-bond acceptors (Lipinski definition) is 5. The van der Waals surface area contributed by atoms with E-state index < -0.39 is 5.54 Å². The Kier molecular flexibility index (Phi) is 6.51. The van der Waals surface area contributed by atoms with E-state index in [0.29, 0.717) is 24.7 Å². The second kappa shape index (κ2) is 9.39. The van der Waals surface area contributed by atoms with E-state index in [1.807, 2.05) is 17.9 Å². The monoisotopic (exact) mass is 472 g/mol. The highest BCUT2D eigenvalue weighted by Gasteiger charge is 2.48. The smallest absolute Gasteiger partial charge is 0.271 e. The number of ether oxygens (including phenoxy) is 1. The van der Waals surface area contributed by atoms with Gasteiger partial charge in [-0.2, -0.15) is 0 Å². The minimum absolute atomic E-state index is 0.0105. The fraction of sp³-hybridized carbons (Fsp3) is 0.680. The van der Waals surface area contributed by atoms with Gasteiger partial charge < -0.3 is 19.5 Å². The summed E-state index contributed by atoms with van der Waals surface area (Å²) in [7, 11) is 0. The first-order valence-electron chi connectivity index (χ1n) is 12.5. The van der Waals surface area contributed by atoms with E-state index in [4.69, 9.17) is 4.74 Å². The molecular weight excluding hydrogens is 436 g/mol. The van der Waals surface area contributed by atoms with Crippen molar-refractivity contribution in [3.8, 4) is 0 Å². The van der Waals surface area contributed by atoms with Crippen molar-refractivity contribution in [3.05, 3.63) is 23.2 Å². The van der Waals surface area contributed by atoms with Gasteiger partial charge >= 0.3 is 0 Å². The maximum Gasteiger partial charge on any atom is 0.271 e. The van der Waals surface area contributed by atoms with E-state index in [9.17, 15) is 9.59 Å². The zero-order valence-electron chi connectivity index (χ0n) is 19.8. The molecule has 2 aliphatic heterocycles. The van der Waals surface area contributed by atoms with Crippen LogP contribution < -0.4 is 5.32 Å². The number of nitrogens with zero attached hydrogens (tertiary/aromatic N) is 3. The van der Waals surface area contributed by atoms with Gasteiger partial charge in [0.2, 0.25) is 5.91 Å². The Morgan fingerprint density at radius 2 is 2.03 bits per heavy atom. The first-order chi connectivity index (χ1) is 16.0. The molecular formula is C25H36N4O3S. The largest absolute Gasteiger partial charge is 0.379 e. The van der Waals surface area contributed by atoms with E-state index in [0.717, 1.165) is 68.7 Å². The third kappa shape index (κ3) is 4.33. The van der Waals surface area contributed by atoms with Crippen LogP contribution in [-0.2, 0) is 16.1 Å². The highest BCUT2D eigenvalue weighted by molar-refractivity contribution is 7.17. The highest BCUT2D eigenvalue weighted by atomic mass is 32.1. The summed E-state index contributed by atoms with van der Waals surface area (Å²) in [5, 5.41) is 5.42. The Morgan fingerprint density at radius 3 is 2.82 bits per heavy atom. The zero-order chi connectivity index (χ0) is 23.0. The number of amides is 2. The van der Waals surface area contributed by atoms with E-state index >= 15 is 0 Å². The van der Waals surface area contributed by atoms with Crippen LogP contribution in [0.1, 0.15) is 56.4 Å². The van der Waals surface area contributed by atoms with Gasteiger partial charge in [-0.05, 0) is 49.6 Å². The second-order valence-corrected chi connectivity index (χ2v) is 11.1. The predicted octanol–water partition coefficient (Wildman–Crippen LogP) is 3.33. The van der Waals surface area contributed by atoms with Gasteiger partial charge in [0, 0.05) is 32.2 Å². The van der Waals surface area contributed by atoms with Crippen LogP contribution in [0.3, 0.4) is 0 Å². The number of thiophene rings is 1. The lowest BCUT2D eigenvalue weighted by Gasteiger charge is -2.45. The molecule has 180 valence electrons. The van der Waals surface area contributed by atoms with E-state index in [2.05, 4.69) is 33.2 Å². The Hall–Kier alpha value is -1.90. The lowest BCUT2D eigenvalue weighted by Crippen LogP contribution is -2.65. The number of morpholine rings is 1. The molecule has 8 heteroatoms. The zero-order valence-corrected chi connectivity index (χ0v) is 20.7. The maximum absolute atomic E-state index is 13.8. The number of hydrogen-bond donors (Lipinski definition) is 1. The average molecular weight is 473 g/mol. The first-order valence-corrected chi connectivity index (χ1v) is 13.3. The van der Waals surface area contributed by atoms with E-state index in [1.54, 1.807) is 11.3 Å².